The van der Waals surface area contributed by atoms with Crippen LogP contribution in [0.2, 0.25) is 5.28 Å². The largest absolute Gasteiger partial charge is 0.350 e. The molecule has 2 amide bonds. The summed E-state index contributed by atoms with van der Waals surface area (Å²) >= 11 is 5.98. The molecule has 1 saturated carbocycles. The number of nitrogens with one attached hydrogen (secondary N) is 1. The van der Waals surface area contributed by atoms with Gasteiger partial charge in [-0.25, -0.2) is 14.4 Å². The molecule has 1 aromatic heterocycles. The van der Waals surface area contributed by atoms with E-state index in [0.29, 0.717) is 30.4 Å². The molecule has 2 fully saturated rings. The summed E-state index contributed by atoms with van der Waals surface area (Å²) in [6.45, 7) is 0.121. The van der Waals surface area contributed by atoms with Gasteiger partial charge < -0.3 is 10.2 Å². The van der Waals surface area contributed by atoms with Gasteiger partial charge in [0.1, 0.15) is 11.7 Å². The van der Waals surface area contributed by atoms with E-state index >= 15 is 4.39 Å². The second kappa shape index (κ2) is 10.7. The SMILES string of the molecule is N#C[C@@H]1CCCN1c1nc(Cl)nc(CNC(=O)[C@H](CC2CCCC2)CN(O)C=O)c1F. The molecular formula is C20H26ClFN6O3. The summed E-state index contributed by atoms with van der Waals surface area (Å²) in [5, 5.41) is 21.8. The Balaban J connectivity index is 1.71. The predicted octanol–water partition coefficient (Wildman–Crippen LogP) is 2.42. The van der Waals surface area contributed by atoms with Crippen LogP contribution in [0.15, 0.2) is 0 Å². The van der Waals surface area contributed by atoms with Gasteiger partial charge >= 0.3 is 0 Å². The molecule has 31 heavy (non-hydrogen) atoms. The van der Waals surface area contributed by atoms with E-state index in [1.807, 2.05) is 0 Å². The van der Waals surface area contributed by atoms with Gasteiger partial charge in [-0.15, -0.1) is 0 Å². The van der Waals surface area contributed by atoms with Crippen LogP contribution in [-0.2, 0) is 16.1 Å². The molecule has 9 nitrogen and oxygen atoms in total. The van der Waals surface area contributed by atoms with Gasteiger partial charge in [-0.3, -0.25) is 14.8 Å². The van der Waals surface area contributed by atoms with Crippen molar-refractivity contribution in [1.82, 2.24) is 20.3 Å². The molecule has 1 saturated heterocycles. The normalized spacial score (nSPS) is 19.8. The standard InChI is InChI=1S/C20H26ClFN6O3/c21-20-25-16(17(22)18(26-20)28-7-3-6-15(28)9-23)10-24-19(30)14(11-27(31)12-29)8-13-4-1-2-5-13/h12-15,31H,1-8,10-11H2,(H,24,30)/t14-,15+/m1/s1. The van der Waals surface area contributed by atoms with Crippen molar-refractivity contribution in [2.24, 2.45) is 11.8 Å². The lowest BCUT2D eigenvalue weighted by Crippen LogP contribution is -2.38. The summed E-state index contributed by atoms with van der Waals surface area (Å²) in [7, 11) is 0. The number of anilines is 1. The van der Waals surface area contributed by atoms with Gasteiger partial charge in [-0.1, -0.05) is 25.7 Å². The van der Waals surface area contributed by atoms with Crippen LogP contribution in [0, 0.1) is 29.0 Å². The average Bonchev–Trinajstić information content (AvgIpc) is 3.44. The number of carbonyl (C=O) groups is 2. The summed E-state index contributed by atoms with van der Waals surface area (Å²) in [4.78, 5) is 33.0. The third-order valence-electron chi connectivity index (χ3n) is 5.97. The zero-order valence-corrected chi connectivity index (χ0v) is 17.9. The average molecular weight is 453 g/mol. The topological polar surface area (TPSA) is 122 Å². The summed E-state index contributed by atoms with van der Waals surface area (Å²) in [6, 6.07) is 1.64. The Morgan fingerprint density at radius 3 is 2.81 bits per heavy atom. The van der Waals surface area contributed by atoms with Crippen LogP contribution in [-0.4, -0.2) is 51.7 Å². The molecule has 2 atom stereocenters. The van der Waals surface area contributed by atoms with Crippen molar-refractivity contribution in [3.63, 3.8) is 0 Å². The molecule has 2 N–H and O–H groups in total. The van der Waals surface area contributed by atoms with Gasteiger partial charge in [0.05, 0.1) is 25.1 Å². The first kappa shape index (κ1) is 23.2. The van der Waals surface area contributed by atoms with Crippen LogP contribution in [0.5, 0.6) is 0 Å². The molecule has 168 valence electrons. The summed E-state index contributed by atoms with van der Waals surface area (Å²) in [6.07, 6.45) is 6.35. The van der Waals surface area contributed by atoms with Crippen LogP contribution in [0.3, 0.4) is 0 Å². The second-order valence-electron chi connectivity index (χ2n) is 8.09. The molecule has 1 aliphatic heterocycles. The minimum atomic E-state index is -0.726. The van der Waals surface area contributed by atoms with Gasteiger partial charge in [0.25, 0.3) is 0 Å². The molecule has 0 bridgehead atoms. The van der Waals surface area contributed by atoms with Gasteiger partial charge in [-0.2, -0.15) is 10.2 Å². The van der Waals surface area contributed by atoms with Crippen molar-refractivity contribution in [1.29, 1.82) is 5.26 Å². The van der Waals surface area contributed by atoms with Crippen LogP contribution < -0.4 is 10.2 Å². The van der Waals surface area contributed by atoms with Crippen molar-refractivity contribution in [3.8, 4) is 6.07 Å². The molecule has 1 aliphatic carbocycles. The lowest BCUT2D eigenvalue weighted by atomic mass is 9.92. The Morgan fingerprint density at radius 1 is 1.39 bits per heavy atom. The van der Waals surface area contributed by atoms with E-state index in [1.54, 1.807) is 4.90 Å². The number of halogens is 2. The van der Waals surface area contributed by atoms with Crippen LogP contribution in [0.1, 0.15) is 50.6 Å². The monoisotopic (exact) mass is 452 g/mol. The smallest absolute Gasteiger partial charge is 0.233 e. The lowest BCUT2D eigenvalue weighted by molar-refractivity contribution is -0.155. The summed E-state index contributed by atoms with van der Waals surface area (Å²) < 4.78 is 15.1. The summed E-state index contributed by atoms with van der Waals surface area (Å²) in [5.74, 6) is -1.45. The molecule has 11 heteroatoms. The molecule has 2 heterocycles. The highest BCUT2D eigenvalue weighted by Gasteiger charge is 2.30. The Bertz CT molecular complexity index is 845. The second-order valence-corrected chi connectivity index (χ2v) is 8.42. The summed E-state index contributed by atoms with van der Waals surface area (Å²) in [5.41, 5.74) is -0.0807. The van der Waals surface area contributed by atoms with E-state index in [4.69, 9.17) is 11.6 Å². The van der Waals surface area contributed by atoms with Crippen LogP contribution in [0.4, 0.5) is 10.2 Å². The predicted molar refractivity (Wildman–Crippen MR) is 109 cm³/mol. The van der Waals surface area contributed by atoms with Crippen LogP contribution >= 0.6 is 11.6 Å². The fourth-order valence-corrected chi connectivity index (χ4v) is 4.59. The number of rotatable bonds is 9. The van der Waals surface area contributed by atoms with E-state index in [0.717, 1.165) is 32.1 Å². The number of carbonyl (C=O) groups excluding carboxylic acids is 2. The van der Waals surface area contributed by atoms with E-state index in [2.05, 4.69) is 21.4 Å². The van der Waals surface area contributed by atoms with Crippen LogP contribution in [0.25, 0.3) is 0 Å². The first-order chi connectivity index (χ1) is 14.9. The number of hydroxylamine groups is 2. The Hall–Kier alpha value is -2.51. The Kier molecular flexibility index (Phi) is 7.98. The van der Waals surface area contributed by atoms with Crippen molar-refractivity contribution >= 4 is 29.7 Å². The minimum absolute atomic E-state index is 0.0432. The zero-order chi connectivity index (χ0) is 22.4. The molecule has 1 aromatic rings. The lowest BCUT2D eigenvalue weighted by Gasteiger charge is -2.23. The maximum atomic E-state index is 15.1. The Labute approximate surface area is 185 Å². The number of aromatic nitrogens is 2. The van der Waals surface area contributed by atoms with E-state index in [9.17, 15) is 20.1 Å². The minimum Gasteiger partial charge on any atom is -0.350 e. The maximum Gasteiger partial charge on any atom is 0.233 e. The van der Waals surface area contributed by atoms with Gasteiger partial charge in [0.2, 0.25) is 17.6 Å². The number of amides is 2. The third kappa shape index (κ3) is 5.80. The highest BCUT2D eigenvalue weighted by Crippen LogP contribution is 2.31. The van der Waals surface area contributed by atoms with E-state index in [-0.39, 0.29) is 36.3 Å². The highest BCUT2D eigenvalue weighted by atomic mass is 35.5. The number of hydrogen-bond acceptors (Lipinski definition) is 7. The molecule has 2 aliphatic rings. The molecule has 3 rings (SSSR count). The molecule has 0 aromatic carbocycles. The van der Waals surface area contributed by atoms with Crippen molar-refractivity contribution in [2.75, 3.05) is 18.0 Å². The molecule has 0 spiro atoms. The fraction of sp³-hybridized carbons (Fsp3) is 0.650. The van der Waals surface area contributed by atoms with Crippen molar-refractivity contribution < 1.29 is 19.2 Å². The Morgan fingerprint density at radius 2 is 2.13 bits per heavy atom. The molecule has 0 radical (unpaired) electrons. The van der Waals surface area contributed by atoms with Crippen molar-refractivity contribution in [2.45, 2.75) is 57.5 Å². The molecular weight excluding hydrogens is 427 g/mol. The van der Waals surface area contributed by atoms with Gasteiger partial charge in [0.15, 0.2) is 11.6 Å². The third-order valence-corrected chi connectivity index (χ3v) is 6.14. The maximum absolute atomic E-state index is 15.1. The van der Waals surface area contributed by atoms with E-state index < -0.39 is 23.7 Å². The van der Waals surface area contributed by atoms with E-state index in [1.165, 1.54) is 0 Å². The number of nitriles is 1. The number of hydrogen-bond donors (Lipinski definition) is 2. The molecule has 0 unspecified atom stereocenters. The first-order valence-electron chi connectivity index (χ1n) is 10.5. The quantitative estimate of drug-likeness (QED) is 0.255. The number of nitrogens with zero attached hydrogens (tertiary/aromatic N) is 5. The van der Waals surface area contributed by atoms with Crippen molar-refractivity contribution in [3.05, 3.63) is 16.8 Å². The first-order valence-corrected chi connectivity index (χ1v) is 10.9. The highest BCUT2D eigenvalue weighted by molar-refractivity contribution is 6.28. The fourth-order valence-electron chi connectivity index (χ4n) is 4.41. The zero-order valence-electron chi connectivity index (χ0n) is 17.1. The van der Waals surface area contributed by atoms with Gasteiger partial charge in [-0.05, 0) is 36.8 Å². The van der Waals surface area contributed by atoms with Gasteiger partial charge in [0, 0.05) is 6.54 Å².